The predicted octanol–water partition coefficient (Wildman–Crippen LogP) is 1.81. The molecule has 5 heteroatoms. The summed E-state index contributed by atoms with van der Waals surface area (Å²) in [5.74, 6) is 0.221. The molecule has 0 fully saturated rings. The fourth-order valence-electron chi connectivity index (χ4n) is 1.27. The molecule has 1 aromatic carbocycles. The molecule has 0 bridgehead atoms. The van der Waals surface area contributed by atoms with Gasteiger partial charge in [0.2, 0.25) is 0 Å². The van der Waals surface area contributed by atoms with Crippen molar-refractivity contribution in [2.24, 2.45) is 16.8 Å². The lowest BCUT2D eigenvalue weighted by molar-refractivity contribution is 0.314. The van der Waals surface area contributed by atoms with Crippen molar-refractivity contribution >= 4 is 17.4 Å². The van der Waals surface area contributed by atoms with Gasteiger partial charge in [0.15, 0.2) is 0 Å². The molecule has 88 valence electrons. The minimum Gasteiger partial charge on any atom is -0.409 e. The first kappa shape index (κ1) is 12.8. The molecular weight excluding hydrogens is 226 g/mol. The number of oxime groups is 1. The first-order valence-electron chi connectivity index (χ1n) is 5.06. The van der Waals surface area contributed by atoms with Crippen LogP contribution in [0.3, 0.4) is 0 Å². The summed E-state index contributed by atoms with van der Waals surface area (Å²) in [6.45, 7) is 3.19. The maximum absolute atomic E-state index is 8.48. The SMILES string of the molecule is CC(CNCc1ccccc1Cl)C(N)=NO. The van der Waals surface area contributed by atoms with E-state index in [1.807, 2.05) is 31.2 Å². The number of hydrogen-bond acceptors (Lipinski definition) is 3. The van der Waals surface area contributed by atoms with Gasteiger partial charge in [0.1, 0.15) is 5.84 Å². The van der Waals surface area contributed by atoms with E-state index in [4.69, 9.17) is 22.5 Å². The van der Waals surface area contributed by atoms with Crippen molar-refractivity contribution in [3.63, 3.8) is 0 Å². The van der Waals surface area contributed by atoms with Gasteiger partial charge in [-0.15, -0.1) is 0 Å². The van der Waals surface area contributed by atoms with Crippen molar-refractivity contribution in [1.82, 2.24) is 5.32 Å². The molecule has 4 nitrogen and oxygen atoms in total. The molecule has 0 radical (unpaired) electrons. The Morgan fingerprint density at radius 3 is 2.88 bits per heavy atom. The molecular formula is C11H16ClN3O. The van der Waals surface area contributed by atoms with Gasteiger partial charge in [-0.3, -0.25) is 0 Å². The van der Waals surface area contributed by atoms with Gasteiger partial charge in [-0.25, -0.2) is 0 Å². The van der Waals surface area contributed by atoms with E-state index in [0.29, 0.717) is 13.1 Å². The van der Waals surface area contributed by atoms with Gasteiger partial charge in [0.05, 0.1) is 0 Å². The monoisotopic (exact) mass is 241 g/mol. The van der Waals surface area contributed by atoms with E-state index >= 15 is 0 Å². The minimum absolute atomic E-state index is 0.00696. The first-order valence-corrected chi connectivity index (χ1v) is 5.44. The lowest BCUT2D eigenvalue weighted by Crippen LogP contribution is -2.31. The molecule has 0 amide bonds. The van der Waals surface area contributed by atoms with Gasteiger partial charge in [-0.1, -0.05) is 41.9 Å². The molecule has 4 N–H and O–H groups in total. The molecule has 0 aromatic heterocycles. The second-order valence-corrected chi connectivity index (χ2v) is 4.06. The molecule has 0 aliphatic heterocycles. The van der Waals surface area contributed by atoms with E-state index in [9.17, 15) is 0 Å². The summed E-state index contributed by atoms with van der Waals surface area (Å²) >= 11 is 6.00. The van der Waals surface area contributed by atoms with Crippen LogP contribution in [0.2, 0.25) is 5.02 Å². The highest BCUT2D eigenvalue weighted by atomic mass is 35.5. The molecule has 0 aliphatic rings. The third-order valence-corrected chi connectivity index (χ3v) is 2.71. The van der Waals surface area contributed by atoms with Crippen LogP contribution in [0, 0.1) is 5.92 Å². The Bertz CT molecular complexity index is 368. The zero-order chi connectivity index (χ0) is 12.0. The van der Waals surface area contributed by atoms with E-state index in [1.165, 1.54) is 0 Å². The summed E-state index contributed by atoms with van der Waals surface area (Å²) in [6.07, 6.45) is 0. The number of hydrogen-bond donors (Lipinski definition) is 3. The minimum atomic E-state index is -0.00696. The number of benzene rings is 1. The number of nitrogens with zero attached hydrogens (tertiary/aromatic N) is 1. The van der Waals surface area contributed by atoms with Crippen LogP contribution in [-0.2, 0) is 6.54 Å². The highest BCUT2D eigenvalue weighted by Crippen LogP contribution is 2.14. The van der Waals surface area contributed by atoms with Crippen LogP contribution in [0.1, 0.15) is 12.5 Å². The maximum Gasteiger partial charge on any atom is 0.143 e. The number of nitrogens with two attached hydrogens (primary N) is 1. The highest BCUT2D eigenvalue weighted by molar-refractivity contribution is 6.31. The molecule has 1 atom stereocenters. The first-order chi connectivity index (χ1) is 7.65. The number of halogens is 1. The van der Waals surface area contributed by atoms with Crippen LogP contribution in [0.4, 0.5) is 0 Å². The van der Waals surface area contributed by atoms with Gasteiger partial charge in [0.25, 0.3) is 0 Å². The largest absolute Gasteiger partial charge is 0.409 e. The van der Waals surface area contributed by atoms with Gasteiger partial charge in [0, 0.05) is 24.0 Å². The zero-order valence-corrected chi connectivity index (χ0v) is 9.91. The second-order valence-electron chi connectivity index (χ2n) is 3.65. The summed E-state index contributed by atoms with van der Waals surface area (Å²) in [5, 5.41) is 15.4. The van der Waals surface area contributed by atoms with Crippen LogP contribution in [0.5, 0.6) is 0 Å². The Morgan fingerprint density at radius 2 is 2.25 bits per heavy atom. The molecule has 1 aromatic rings. The number of amidine groups is 1. The number of nitrogens with one attached hydrogen (secondary N) is 1. The maximum atomic E-state index is 8.48. The number of rotatable bonds is 5. The van der Waals surface area contributed by atoms with Crippen molar-refractivity contribution < 1.29 is 5.21 Å². The van der Waals surface area contributed by atoms with Crippen LogP contribution < -0.4 is 11.1 Å². The molecule has 0 saturated carbocycles. The Kier molecular flexibility index (Phi) is 5.08. The van der Waals surface area contributed by atoms with Crippen LogP contribution >= 0.6 is 11.6 Å². The average molecular weight is 242 g/mol. The van der Waals surface area contributed by atoms with Crippen LogP contribution in [-0.4, -0.2) is 17.6 Å². The standard InChI is InChI=1S/C11H16ClN3O/c1-8(11(13)15-16)6-14-7-9-4-2-3-5-10(9)12/h2-5,8,14,16H,6-7H2,1H3,(H2,13,15). The van der Waals surface area contributed by atoms with Crippen molar-refractivity contribution in [2.75, 3.05) is 6.54 Å². The molecule has 1 unspecified atom stereocenters. The Balaban J connectivity index is 2.39. The van der Waals surface area contributed by atoms with E-state index in [1.54, 1.807) is 0 Å². The van der Waals surface area contributed by atoms with E-state index < -0.39 is 0 Å². The van der Waals surface area contributed by atoms with E-state index in [0.717, 1.165) is 10.6 Å². The summed E-state index contributed by atoms with van der Waals surface area (Å²) in [7, 11) is 0. The van der Waals surface area contributed by atoms with Gasteiger partial charge in [-0.05, 0) is 11.6 Å². The summed E-state index contributed by atoms with van der Waals surface area (Å²) < 4.78 is 0. The Hall–Kier alpha value is -1.26. The molecule has 1 rings (SSSR count). The van der Waals surface area contributed by atoms with Gasteiger partial charge >= 0.3 is 0 Å². The fourth-order valence-corrected chi connectivity index (χ4v) is 1.47. The lowest BCUT2D eigenvalue weighted by Gasteiger charge is -2.11. The fraction of sp³-hybridized carbons (Fsp3) is 0.364. The second kappa shape index (κ2) is 6.35. The smallest absolute Gasteiger partial charge is 0.143 e. The van der Waals surface area contributed by atoms with Crippen molar-refractivity contribution in [1.29, 1.82) is 0 Å². The quantitative estimate of drug-likeness (QED) is 0.319. The van der Waals surface area contributed by atoms with Crippen LogP contribution in [0.25, 0.3) is 0 Å². The average Bonchev–Trinajstić information content (AvgIpc) is 2.30. The van der Waals surface area contributed by atoms with Gasteiger partial charge in [-0.2, -0.15) is 0 Å². The molecule has 0 heterocycles. The van der Waals surface area contributed by atoms with E-state index in [2.05, 4.69) is 10.5 Å². The zero-order valence-electron chi connectivity index (χ0n) is 9.15. The Labute approximate surface area is 100 Å². The topological polar surface area (TPSA) is 70.6 Å². The summed E-state index contributed by atoms with van der Waals surface area (Å²) in [4.78, 5) is 0. The third kappa shape index (κ3) is 3.72. The normalized spacial score (nSPS) is 13.8. The lowest BCUT2D eigenvalue weighted by atomic mass is 10.1. The van der Waals surface area contributed by atoms with E-state index in [-0.39, 0.29) is 11.8 Å². The predicted molar refractivity (Wildman–Crippen MR) is 65.7 cm³/mol. The van der Waals surface area contributed by atoms with Crippen molar-refractivity contribution in [2.45, 2.75) is 13.5 Å². The van der Waals surface area contributed by atoms with Crippen molar-refractivity contribution in [3.05, 3.63) is 34.9 Å². The summed E-state index contributed by atoms with van der Waals surface area (Å²) in [5.41, 5.74) is 6.50. The van der Waals surface area contributed by atoms with Crippen LogP contribution in [0.15, 0.2) is 29.4 Å². The van der Waals surface area contributed by atoms with Gasteiger partial charge < -0.3 is 16.3 Å². The highest BCUT2D eigenvalue weighted by Gasteiger charge is 2.07. The Morgan fingerprint density at radius 1 is 1.56 bits per heavy atom. The molecule has 0 aliphatic carbocycles. The third-order valence-electron chi connectivity index (χ3n) is 2.34. The molecule has 0 saturated heterocycles. The van der Waals surface area contributed by atoms with Crippen molar-refractivity contribution in [3.8, 4) is 0 Å². The molecule has 0 spiro atoms. The molecule has 16 heavy (non-hydrogen) atoms. The summed E-state index contributed by atoms with van der Waals surface area (Å²) in [6, 6.07) is 7.65.